The fraction of sp³-hybridized carbons (Fsp3) is 0.692. The van der Waals surface area contributed by atoms with Crippen molar-refractivity contribution in [2.45, 2.75) is 47.0 Å². The molecule has 0 unspecified atom stereocenters. The second-order valence-corrected chi connectivity index (χ2v) is 4.47. The summed E-state index contributed by atoms with van der Waals surface area (Å²) in [7, 11) is 4.33. The standard InChI is InChI=1S/C5H10N.2C4H8N2O2.ClH.Co/c1-2-4-6-5-3-1;2*1-3(5-7)4(2)6-8;;/h1-5H2;2*7-8H,1-2H3;1H;/q-1;;;;+2/p-1. The minimum atomic E-state index is 0.313. The summed E-state index contributed by atoms with van der Waals surface area (Å²) < 4.78 is 0. The van der Waals surface area contributed by atoms with Crippen LogP contribution in [-0.4, -0.2) is 56.8 Å². The summed E-state index contributed by atoms with van der Waals surface area (Å²) in [6.07, 6.45) is 4.07. The van der Waals surface area contributed by atoms with Crippen LogP contribution in [0, 0.1) is 0 Å². The van der Waals surface area contributed by atoms with Crippen molar-refractivity contribution in [1.29, 1.82) is 0 Å². The van der Waals surface area contributed by atoms with Gasteiger partial charge in [0.15, 0.2) is 0 Å². The SMILES string of the molecule is C1CC[N-]CC1.CC(=NO)C(C)=NO.CC(=NO)C(C)=NO.[Cl][Co+]. The molecule has 4 N–H and O–H groups in total. The van der Waals surface area contributed by atoms with Gasteiger partial charge in [0.2, 0.25) is 0 Å². The van der Waals surface area contributed by atoms with Crippen LogP contribution in [0.5, 0.6) is 0 Å². The number of oxime groups is 4. The van der Waals surface area contributed by atoms with E-state index in [0.717, 1.165) is 13.1 Å². The molecule has 1 saturated heterocycles. The number of piperidine rings is 1. The number of nitrogens with zero attached hydrogens (tertiary/aromatic N) is 5. The van der Waals surface area contributed by atoms with E-state index in [2.05, 4.69) is 50.9 Å². The van der Waals surface area contributed by atoms with Crippen molar-refractivity contribution in [3.63, 3.8) is 0 Å². The average Bonchev–Trinajstić information content (AvgIpc) is 2.69. The molecule has 0 amide bonds. The Labute approximate surface area is 155 Å². The van der Waals surface area contributed by atoms with Gasteiger partial charge in [-0.2, -0.15) is 0 Å². The van der Waals surface area contributed by atoms with E-state index in [1.54, 1.807) is 0 Å². The topological polar surface area (TPSA) is 144 Å². The number of hydrogen-bond acceptors (Lipinski definition) is 8. The molecule has 1 aliphatic rings. The zero-order valence-electron chi connectivity index (χ0n) is 14.3. The molecule has 1 rings (SSSR count). The van der Waals surface area contributed by atoms with Gasteiger partial charge in [0.05, 0.1) is 0 Å². The van der Waals surface area contributed by atoms with Crippen molar-refractivity contribution in [3.05, 3.63) is 5.32 Å². The third-order valence-corrected chi connectivity index (χ3v) is 2.78. The van der Waals surface area contributed by atoms with E-state index < -0.39 is 0 Å². The third-order valence-electron chi connectivity index (χ3n) is 2.78. The van der Waals surface area contributed by atoms with Crippen LogP contribution in [0.1, 0.15) is 47.0 Å². The fourth-order valence-electron chi connectivity index (χ4n) is 1.03. The molecule has 0 aliphatic carbocycles. The molecular formula is C13H26ClCoN5O4. The molecule has 0 aromatic heterocycles. The minimum absolute atomic E-state index is 0.313. The van der Waals surface area contributed by atoms with Crippen molar-refractivity contribution in [2.24, 2.45) is 20.6 Å². The van der Waals surface area contributed by atoms with Crippen LogP contribution in [-0.2, 0) is 14.8 Å². The molecule has 0 aromatic carbocycles. The quantitative estimate of drug-likeness (QED) is 0.313. The zero-order chi connectivity index (χ0) is 19.4. The molecule has 143 valence electrons. The van der Waals surface area contributed by atoms with Crippen LogP contribution in [0.2, 0.25) is 0 Å². The number of rotatable bonds is 2. The Hall–Kier alpha value is -1.36. The van der Waals surface area contributed by atoms with Gasteiger partial charge in [0.25, 0.3) is 0 Å². The van der Waals surface area contributed by atoms with E-state index in [4.69, 9.17) is 20.8 Å². The first kappa shape index (κ1) is 27.5. The summed E-state index contributed by atoms with van der Waals surface area (Å²) in [4.78, 5) is 0. The first-order chi connectivity index (χ1) is 11.4. The Bertz CT molecular complexity index is 338. The van der Waals surface area contributed by atoms with Crippen LogP contribution in [0.3, 0.4) is 0 Å². The van der Waals surface area contributed by atoms with E-state index in [1.165, 1.54) is 47.0 Å². The second kappa shape index (κ2) is 21.6. The molecule has 0 radical (unpaired) electrons. The molecule has 9 nitrogen and oxygen atoms in total. The van der Waals surface area contributed by atoms with Gasteiger partial charge in [-0.3, -0.25) is 0 Å². The van der Waals surface area contributed by atoms with E-state index in [-0.39, 0.29) is 0 Å². The van der Waals surface area contributed by atoms with Crippen LogP contribution in [0.15, 0.2) is 20.6 Å². The van der Waals surface area contributed by atoms with E-state index in [0.29, 0.717) is 22.8 Å². The predicted molar refractivity (Wildman–Crippen MR) is 92.4 cm³/mol. The van der Waals surface area contributed by atoms with Gasteiger partial charge in [-0.05, 0) is 27.7 Å². The summed E-state index contributed by atoms with van der Waals surface area (Å²) >= 11 is 3.03. The van der Waals surface area contributed by atoms with E-state index in [1.807, 2.05) is 0 Å². The summed E-state index contributed by atoms with van der Waals surface area (Å²) in [5.74, 6) is 0. The normalized spacial score (nSPS) is 15.8. The van der Waals surface area contributed by atoms with Gasteiger partial charge in [0.1, 0.15) is 22.8 Å². The molecule has 0 atom stereocenters. The Morgan fingerprint density at radius 1 is 0.667 bits per heavy atom. The molecule has 0 aromatic rings. The first-order valence-corrected chi connectivity index (χ1v) is 8.39. The molecule has 0 bridgehead atoms. The van der Waals surface area contributed by atoms with Crippen molar-refractivity contribution < 1.29 is 35.7 Å². The van der Waals surface area contributed by atoms with Gasteiger partial charge in [-0.15, -0.1) is 13.1 Å². The van der Waals surface area contributed by atoms with Crippen molar-refractivity contribution in [1.82, 2.24) is 0 Å². The van der Waals surface area contributed by atoms with Gasteiger partial charge >= 0.3 is 25.0 Å². The molecular weight excluding hydrogens is 385 g/mol. The predicted octanol–water partition coefficient (Wildman–Crippen LogP) is 3.60. The zero-order valence-corrected chi connectivity index (χ0v) is 16.1. The molecule has 1 fully saturated rings. The van der Waals surface area contributed by atoms with Gasteiger partial charge in [-0.25, -0.2) is 0 Å². The van der Waals surface area contributed by atoms with E-state index >= 15 is 0 Å². The van der Waals surface area contributed by atoms with Crippen LogP contribution in [0.25, 0.3) is 5.32 Å². The number of halogens is 1. The second-order valence-electron chi connectivity index (χ2n) is 4.47. The monoisotopic (exact) mass is 410 g/mol. The molecule has 0 spiro atoms. The maximum atomic E-state index is 8.03. The Balaban J connectivity index is -0.000000263. The molecule has 24 heavy (non-hydrogen) atoms. The first-order valence-electron chi connectivity index (χ1n) is 6.95. The Morgan fingerprint density at radius 2 is 0.917 bits per heavy atom. The summed E-state index contributed by atoms with van der Waals surface area (Å²) in [5.41, 5.74) is 1.25. The van der Waals surface area contributed by atoms with Crippen LogP contribution < -0.4 is 0 Å². The summed E-state index contributed by atoms with van der Waals surface area (Å²) in [6, 6.07) is 0. The Kier molecular flexibility index (Phi) is 24.8. The van der Waals surface area contributed by atoms with E-state index in [9.17, 15) is 0 Å². The van der Waals surface area contributed by atoms with Gasteiger partial charge in [-0.1, -0.05) is 39.9 Å². The molecule has 11 heteroatoms. The van der Waals surface area contributed by atoms with Gasteiger partial charge < -0.3 is 26.1 Å². The summed E-state index contributed by atoms with van der Waals surface area (Å²) in [5, 5.41) is 47.4. The molecule has 1 heterocycles. The van der Waals surface area contributed by atoms with Gasteiger partial charge in [0, 0.05) is 0 Å². The fourth-order valence-corrected chi connectivity index (χ4v) is 1.03. The van der Waals surface area contributed by atoms with Crippen LogP contribution >= 0.6 is 10.1 Å². The maximum absolute atomic E-state index is 8.03. The van der Waals surface area contributed by atoms with Crippen molar-refractivity contribution in [3.8, 4) is 0 Å². The number of hydrogen-bond donors (Lipinski definition) is 4. The molecule has 0 saturated carbocycles. The Morgan fingerprint density at radius 3 is 1.00 bits per heavy atom. The third kappa shape index (κ3) is 18.7. The average molecular weight is 411 g/mol. The summed E-state index contributed by atoms with van der Waals surface area (Å²) in [6.45, 7) is 8.40. The van der Waals surface area contributed by atoms with Crippen LogP contribution in [0.4, 0.5) is 0 Å². The molecule has 1 aliphatic heterocycles. The van der Waals surface area contributed by atoms with Crippen molar-refractivity contribution in [2.75, 3.05) is 13.1 Å². The van der Waals surface area contributed by atoms with Crippen molar-refractivity contribution >= 4 is 33.0 Å².